The van der Waals surface area contributed by atoms with Gasteiger partial charge in [0.2, 0.25) is 0 Å². The minimum atomic E-state index is 0.328. The highest BCUT2D eigenvalue weighted by Gasteiger charge is 2.43. The highest BCUT2D eigenvalue weighted by Crippen LogP contribution is 2.40. The first kappa shape index (κ1) is 13.3. The third-order valence-electron chi connectivity index (χ3n) is 5.15. The van der Waals surface area contributed by atoms with Gasteiger partial charge in [-0.15, -0.1) is 0 Å². The Balaban J connectivity index is 2.11. The molecule has 1 aliphatic heterocycles. The molecule has 17 heavy (non-hydrogen) atoms. The molecule has 1 heterocycles. The molecule has 0 radical (unpaired) electrons. The Morgan fingerprint density at radius 1 is 1.18 bits per heavy atom. The summed E-state index contributed by atoms with van der Waals surface area (Å²) in [5.74, 6) is 0.824. The molecule has 2 rings (SSSR count). The summed E-state index contributed by atoms with van der Waals surface area (Å²) in [5, 5.41) is 0. The number of nitrogens with zero attached hydrogens (tertiary/aromatic N) is 2. The van der Waals surface area contributed by atoms with Gasteiger partial charge >= 0.3 is 0 Å². The van der Waals surface area contributed by atoms with Crippen LogP contribution in [0.1, 0.15) is 39.0 Å². The summed E-state index contributed by atoms with van der Waals surface area (Å²) in [7, 11) is 2.23. The molecule has 3 nitrogen and oxygen atoms in total. The zero-order valence-electron chi connectivity index (χ0n) is 11.6. The molecule has 2 unspecified atom stereocenters. The Labute approximate surface area is 106 Å². The van der Waals surface area contributed by atoms with Crippen molar-refractivity contribution in [2.75, 3.05) is 39.8 Å². The summed E-state index contributed by atoms with van der Waals surface area (Å²) in [6.45, 7) is 8.04. The largest absolute Gasteiger partial charge is 0.329 e. The van der Waals surface area contributed by atoms with Gasteiger partial charge in [0, 0.05) is 38.3 Å². The maximum absolute atomic E-state index is 6.21. The first-order valence-electron chi connectivity index (χ1n) is 7.36. The third kappa shape index (κ3) is 2.51. The van der Waals surface area contributed by atoms with Crippen molar-refractivity contribution in [1.82, 2.24) is 9.80 Å². The highest BCUT2D eigenvalue weighted by atomic mass is 15.3. The average molecular weight is 239 g/mol. The predicted octanol–water partition coefficient (Wildman–Crippen LogP) is 1.53. The molecule has 1 saturated carbocycles. The van der Waals surface area contributed by atoms with Crippen LogP contribution in [0.3, 0.4) is 0 Å². The van der Waals surface area contributed by atoms with Crippen molar-refractivity contribution in [3.63, 3.8) is 0 Å². The third-order valence-corrected chi connectivity index (χ3v) is 5.15. The summed E-state index contributed by atoms with van der Waals surface area (Å²) in [6, 6.07) is 0. The fourth-order valence-corrected chi connectivity index (χ4v) is 3.94. The summed E-state index contributed by atoms with van der Waals surface area (Å²) in [5.41, 5.74) is 6.54. The summed E-state index contributed by atoms with van der Waals surface area (Å²) in [6.07, 6.45) is 6.79. The van der Waals surface area contributed by atoms with Crippen LogP contribution in [-0.4, -0.2) is 55.1 Å². The topological polar surface area (TPSA) is 32.5 Å². The van der Waals surface area contributed by atoms with Gasteiger partial charge in [-0.25, -0.2) is 0 Å². The first-order chi connectivity index (χ1) is 8.23. The lowest BCUT2D eigenvalue weighted by Gasteiger charge is -2.53. The van der Waals surface area contributed by atoms with E-state index in [4.69, 9.17) is 5.73 Å². The van der Waals surface area contributed by atoms with Gasteiger partial charge in [-0.2, -0.15) is 0 Å². The Kier molecular flexibility index (Phi) is 4.45. The second-order valence-corrected chi connectivity index (χ2v) is 5.95. The quantitative estimate of drug-likeness (QED) is 0.811. The van der Waals surface area contributed by atoms with Gasteiger partial charge < -0.3 is 10.6 Å². The molecule has 2 fully saturated rings. The van der Waals surface area contributed by atoms with Crippen LogP contribution in [0.25, 0.3) is 0 Å². The fraction of sp³-hybridized carbons (Fsp3) is 1.00. The SMILES string of the molecule is CCC1CCCCC1(CN)N1CCN(C)CC1. The molecule has 2 aliphatic rings. The molecule has 1 saturated heterocycles. The molecular formula is C14H29N3. The molecule has 0 aromatic carbocycles. The van der Waals surface area contributed by atoms with E-state index in [0.717, 1.165) is 12.5 Å². The Morgan fingerprint density at radius 3 is 2.47 bits per heavy atom. The second-order valence-electron chi connectivity index (χ2n) is 5.95. The van der Waals surface area contributed by atoms with Crippen LogP contribution in [0.2, 0.25) is 0 Å². The van der Waals surface area contributed by atoms with Crippen LogP contribution in [0, 0.1) is 5.92 Å². The number of hydrogen-bond donors (Lipinski definition) is 1. The van der Waals surface area contributed by atoms with Crippen LogP contribution in [0.4, 0.5) is 0 Å². The van der Waals surface area contributed by atoms with E-state index in [1.165, 1.54) is 58.3 Å². The van der Waals surface area contributed by atoms with E-state index in [1.54, 1.807) is 0 Å². The van der Waals surface area contributed by atoms with E-state index in [0.29, 0.717) is 5.54 Å². The van der Waals surface area contributed by atoms with E-state index < -0.39 is 0 Å². The van der Waals surface area contributed by atoms with Crippen LogP contribution in [0.15, 0.2) is 0 Å². The maximum atomic E-state index is 6.21. The van der Waals surface area contributed by atoms with E-state index in [9.17, 15) is 0 Å². The molecule has 2 N–H and O–H groups in total. The molecular weight excluding hydrogens is 210 g/mol. The van der Waals surface area contributed by atoms with Crippen LogP contribution >= 0.6 is 0 Å². The lowest BCUT2D eigenvalue weighted by Crippen LogP contribution is -2.64. The maximum Gasteiger partial charge on any atom is 0.0360 e. The van der Waals surface area contributed by atoms with Gasteiger partial charge in [0.25, 0.3) is 0 Å². The zero-order chi connectivity index (χ0) is 12.3. The normalized spacial score (nSPS) is 37.2. The van der Waals surface area contributed by atoms with Crippen molar-refractivity contribution in [2.24, 2.45) is 11.7 Å². The van der Waals surface area contributed by atoms with Crippen LogP contribution in [-0.2, 0) is 0 Å². The molecule has 100 valence electrons. The molecule has 0 spiro atoms. The van der Waals surface area contributed by atoms with Gasteiger partial charge in [0.15, 0.2) is 0 Å². The number of likely N-dealkylation sites (N-methyl/N-ethyl adjacent to an activating group) is 1. The molecule has 0 amide bonds. The van der Waals surface area contributed by atoms with Gasteiger partial charge in [0.05, 0.1) is 0 Å². The summed E-state index contributed by atoms with van der Waals surface area (Å²) >= 11 is 0. The standard InChI is InChI=1S/C14H29N3/c1-3-13-6-4-5-7-14(13,12-15)17-10-8-16(2)9-11-17/h13H,3-12,15H2,1-2H3. The molecule has 1 aliphatic carbocycles. The smallest absolute Gasteiger partial charge is 0.0360 e. The minimum Gasteiger partial charge on any atom is -0.329 e. The lowest BCUT2D eigenvalue weighted by atomic mass is 9.70. The monoisotopic (exact) mass is 239 g/mol. The van der Waals surface area contributed by atoms with Crippen LogP contribution < -0.4 is 5.73 Å². The van der Waals surface area contributed by atoms with Gasteiger partial charge in [-0.3, -0.25) is 4.90 Å². The average Bonchev–Trinajstić information content (AvgIpc) is 2.39. The van der Waals surface area contributed by atoms with Gasteiger partial charge in [-0.05, 0) is 25.8 Å². The van der Waals surface area contributed by atoms with Crippen molar-refractivity contribution in [3.05, 3.63) is 0 Å². The Morgan fingerprint density at radius 2 is 1.88 bits per heavy atom. The van der Waals surface area contributed by atoms with Crippen molar-refractivity contribution in [3.8, 4) is 0 Å². The first-order valence-corrected chi connectivity index (χ1v) is 7.36. The zero-order valence-corrected chi connectivity index (χ0v) is 11.6. The number of hydrogen-bond acceptors (Lipinski definition) is 3. The Bertz CT molecular complexity index is 236. The molecule has 2 atom stereocenters. The minimum absolute atomic E-state index is 0.328. The lowest BCUT2D eigenvalue weighted by molar-refractivity contribution is -0.0218. The molecule has 3 heteroatoms. The van der Waals surface area contributed by atoms with Crippen molar-refractivity contribution >= 4 is 0 Å². The van der Waals surface area contributed by atoms with Gasteiger partial charge in [0.1, 0.15) is 0 Å². The van der Waals surface area contributed by atoms with E-state index in [-0.39, 0.29) is 0 Å². The molecule has 0 aromatic rings. The van der Waals surface area contributed by atoms with Gasteiger partial charge in [-0.1, -0.05) is 26.2 Å². The van der Waals surface area contributed by atoms with Crippen LogP contribution in [0.5, 0.6) is 0 Å². The number of piperazine rings is 1. The van der Waals surface area contributed by atoms with E-state index in [2.05, 4.69) is 23.8 Å². The van der Waals surface area contributed by atoms with E-state index >= 15 is 0 Å². The number of nitrogens with two attached hydrogens (primary N) is 1. The Hall–Kier alpha value is -0.120. The van der Waals surface area contributed by atoms with E-state index in [1.807, 2.05) is 0 Å². The van der Waals surface area contributed by atoms with Crippen molar-refractivity contribution in [1.29, 1.82) is 0 Å². The predicted molar refractivity (Wildman–Crippen MR) is 73.1 cm³/mol. The summed E-state index contributed by atoms with van der Waals surface area (Å²) < 4.78 is 0. The molecule has 0 aromatic heterocycles. The van der Waals surface area contributed by atoms with Crippen molar-refractivity contribution in [2.45, 2.75) is 44.6 Å². The fourth-order valence-electron chi connectivity index (χ4n) is 3.94. The second kappa shape index (κ2) is 5.68. The molecule has 0 bridgehead atoms. The van der Waals surface area contributed by atoms with Crippen molar-refractivity contribution < 1.29 is 0 Å². The number of rotatable bonds is 3. The summed E-state index contributed by atoms with van der Waals surface area (Å²) in [4.78, 5) is 5.16. The highest BCUT2D eigenvalue weighted by molar-refractivity contribution is 5.00.